The molecule has 0 radical (unpaired) electrons. The minimum atomic E-state index is -0.367. The zero-order valence-electron chi connectivity index (χ0n) is 15.7. The van der Waals surface area contributed by atoms with Gasteiger partial charge in [-0.05, 0) is 38.5 Å². The molecule has 0 aliphatic heterocycles. The van der Waals surface area contributed by atoms with Crippen molar-refractivity contribution in [3.05, 3.63) is 51.6 Å². The van der Waals surface area contributed by atoms with Gasteiger partial charge < -0.3 is 9.30 Å². The van der Waals surface area contributed by atoms with Gasteiger partial charge >= 0.3 is 5.97 Å². The van der Waals surface area contributed by atoms with Crippen LogP contribution in [0.25, 0.3) is 5.00 Å². The largest absolute Gasteiger partial charge is 0.455 e. The van der Waals surface area contributed by atoms with Gasteiger partial charge in [-0.15, -0.1) is 22.7 Å². The maximum absolute atomic E-state index is 12.8. The molecule has 1 amide bonds. The second-order valence-corrected chi connectivity index (χ2v) is 8.05. The molecular weight excluding hydrogens is 382 g/mol. The van der Waals surface area contributed by atoms with Crippen molar-refractivity contribution in [3.8, 4) is 5.00 Å². The average molecular weight is 404 g/mol. The summed E-state index contributed by atoms with van der Waals surface area (Å²) in [6, 6.07) is 3.84. The lowest BCUT2D eigenvalue weighted by atomic mass is 10.1. The number of hydrogen-bond acceptors (Lipinski definition) is 6. The number of rotatable bonds is 6. The van der Waals surface area contributed by atoms with E-state index in [1.54, 1.807) is 16.2 Å². The molecule has 142 valence electrons. The van der Waals surface area contributed by atoms with Crippen molar-refractivity contribution >= 4 is 39.7 Å². The molecule has 0 saturated carbocycles. The van der Waals surface area contributed by atoms with E-state index in [1.807, 2.05) is 55.2 Å². The molecule has 3 aromatic rings. The quantitative estimate of drug-likeness (QED) is 0.574. The van der Waals surface area contributed by atoms with Crippen LogP contribution in [0.1, 0.15) is 40.3 Å². The number of carbonyl (C=O) groups excluding carboxylic acids is 2. The van der Waals surface area contributed by atoms with Gasteiger partial charge in [0.2, 0.25) is 5.91 Å². The molecule has 0 bridgehead atoms. The number of hydrogen-bond donors (Lipinski definition) is 0. The van der Waals surface area contributed by atoms with E-state index >= 15 is 0 Å². The SMILES string of the molecule is CCN(C(C)=O)c1nc(COC(=O)c2c(-n3cccc3)sc(C)c2C)cs1. The lowest BCUT2D eigenvalue weighted by Gasteiger charge is -2.14. The van der Waals surface area contributed by atoms with Gasteiger partial charge in [0.05, 0.1) is 11.3 Å². The highest BCUT2D eigenvalue weighted by Gasteiger charge is 2.22. The normalized spacial score (nSPS) is 10.8. The first-order valence-electron chi connectivity index (χ1n) is 8.55. The van der Waals surface area contributed by atoms with Crippen LogP contribution in [-0.4, -0.2) is 28.0 Å². The fourth-order valence-electron chi connectivity index (χ4n) is 2.69. The molecule has 3 heterocycles. The Balaban J connectivity index is 1.76. The van der Waals surface area contributed by atoms with Crippen LogP contribution in [0.2, 0.25) is 0 Å². The summed E-state index contributed by atoms with van der Waals surface area (Å²) in [5.74, 6) is -0.426. The molecule has 27 heavy (non-hydrogen) atoms. The molecule has 6 nitrogen and oxygen atoms in total. The molecular formula is C19H21N3O3S2. The Morgan fingerprint density at radius 2 is 1.96 bits per heavy atom. The highest BCUT2D eigenvalue weighted by molar-refractivity contribution is 7.15. The summed E-state index contributed by atoms with van der Waals surface area (Å²) < 4.78 is 7.45. The van der Waals surface area contributed by atoms with Crippen molar-refractivity contribution in [2.24, 2.45) is 0 Å². The number of esters is 1. The predicted octanol–water partition coefficient (Wildman–Crippen LogP) is 4.34. The summed E-state index contributed by atoms with van der Waals surface area (Å²) >= 11 is 2.93. The topological polar surface area (TPSA) is 64.4 Å². The molecule has 0 spiro atoms. The number of nitrogens with zero attached hydrogens (tertiary/aromatic N) is 3. The van der Waals surface area contributed by atoms with E-state index in [4.69, 9.17) is 4.74 Å². The van der Waals surface area contributed by atoms with Crippen molar-refractivity contribution in [2.45, 2.75) is 34.3 Å². The summed E-state index contributed by atoms with van der Waals surface area (Å²) in [7, 11) is 0. The number of aryl methyl sites for hydroxylation is 1. The highest BCUT2D eigenvalue weighted by atomic mass is 32.1. The van der Waals surface area contributed by atoms with Crippen LogP contribution in [0, 0.1) is 13.8 Å². The first-order chi connectivity index (χ1) is 12.9. The maximum atomic E-state index is 12.8. The van der Waals surface area contributed by atoms with Gasteiger partial charge in [0.25, 0.3) is 0 Å². The number of thiazole rings is 1. The van der Waals surface area contributed by atoms with E-state index in [2.05, 4.69) is 4.98 Å². The van der Waals surface area contributed by atoms with E-state index < -0.39 is 0 Å². The fourth-order valence-corrected chi connectivity index (χ4v) is 4.72. The number of aromatic nitrogens is 2. The molecule has 0 fully saturated rings. The minimum absolute atomic E-state index is 0.0591. The van der Waals surface area contributed by atoms with Crippen LogP contribution < -0.4 is 4.90 Å². The van der Waals surface area contributed by atoms with Crippen molar-refractivity contribution in [1.29, 1.82) is 0 Å². The van der Waals surface area contributed by atoms with Crippen molar-refractivity contribution < 1.29 is 14.3 Å². The fraction of sp³-hybridized carbons (Fsp3) is 0.316. The first-order valence-corrected chi connectivity index (χ1v) is 10.2. The molecule has 0 aliphatic rings. The molecule has 3 aromatic heterocycles. The first kappa shape index (κ1) is 19.3. The molecule has 0 aliphatic carbocycles. The maximum Gasteiger partial charge on any atom is 0.341 e. The minimum Gasteiger partial charge on any atom is -0.455 e. The molecule has 3 rings (SSSR count). The van der Waals surface area contributed by atoms with E-state index in [9.17, 15) is 9.59 Å². The van der Waals surface area contributed by atoms with Crippen molar-refractivity contribution in [3.63, 3.8) is 0 Å². The van der Waals surface area contributed by atoms with Gasteiger partial charge in [-0.1, -0.05) is 0 Å². The molecule has 0 unspecified atom stereocenters. The third kappa shape index (κ3) is 3.96. The zero-order valence-corrected chi connectivity index (χ0v) is 17.3. The van der Waals surface area contributed by atoms with Crippen LogP contribution in [0.5, 0.6) is 0 Å². The Morgan fingerprint density at radius 3 is 2.59 bits per heavy atom. The second-order valence-electron chi connectivity index (χ2n) is 6.01. The summed E-state index contributed by atoms with van der Waals surface area (Å²) in [6.45, 7) is 7.96. The number of anilines is 1. The van der Waals surface area contributed by atoms with Gasteiger partial charge in [0, 0.05) is 36.1 Å². The number of thiophene rings is 1. The van der Waals surface area contributed by atoms with E-state index in [0.29, 0.717) is 22.9 Å². The van der Waals surface area contributed by atoms with Gasteiger partial charge in [0.1, 0.15) is 11.6 Å². The monoisotopic (exact) mass is 403 g/mol. The summed E-state index contributed by atoms with van der Waals surface area (Å²) in [5.41, 5.74) is 2.15. The molecule has 0 N–H and O–H groups in total. The Bertz CT molecular complexity index is 957. The smallest absolute Gasteiger partial charge is 0.341 e. The summed E-state index contributed by atoms with van der Waals surface area (Å²) in [6.07, 6.45) is 3.82. The Morgan fingerprint density at radius 1 is 1.26 bits per heavy atom. The Kier molecular flexibility index (Phi) is 5.76. The summed E-state index contributed by atoms with van der Waals surface area (Å²) in [5, 5.41) is 3.28. The van der Waals surface area contributed by atoms with Crippen LogP contribution in [0.3, 0.4) is 0 Å². The van der Waals surface area contributed by atoms with Gasteiger partial charge in [-0.25, -0.2) is 9.78 Å². The van der Waals surface area contributed by atoms with Crippen LogP contribution >= 0.6 is 22.7 Å². The van der Waals surface area contributed by atoms with Crippen LogP contribution in [0.15, 0.2) is 29.9 Å². The Hall–Kier alpha value is -2.45. The van der Waals surface area contributed by atoms with Crippen LogP contribution in [-0.2, 0) is 16.1 Å². The van der Waals surface area contributed by atoms with E-state index in [1.165, 1.54) is 18.3 Å². The van der Waals surface area contributed by atoms with Crippen molar-refractivity contribution in [2.75, 3.05) is 11.4 Å². The predicted molar refractivity (Wildman–Crippen MR) is 108 cm³/mol. The third-order valence-corrected chi connectivity index (χ3v) is 6.36. The number of amides is 1. The van der Waals surface area contributed by atoms with Gasteiger partial charge in [-0.3, -0.25) is 9.69 Å². The van der Waals surface area contributed by atoms with E-state index in [-0.39, 0.29) is 18.5 Å². The van der Waals surface area contributed by atoms with Crippen LogP contribution in [0.4, 0.5) is 5.13 Å². The number of ether oxygens (including phenoxy) is 1. The third-order valence-electron chi connectivity index (χ3n) is 4.23. The zero-order chi connectivity index (χ0) is 19.6. The lowest BCUT2D eigenvalue weighted by Crippen LogP contribution is -2.27. The van der Waals surface area contributed by atoms with Gasteiger partial charge in [-0.2, -0.15) is 0 Å². The molecule has 8 heteroatoms. The highest BCUT2D eigenvalue weighted by Crippen LogP contribution is 2.32. The second kappa shape index (κ2) is 8.06. The van der Waals surface area contributed by atoms with E-state index in [0.717, 1.165) is 15.4 Å². The Labute approximate surface area is 166 Å². The molecule has 0 atom stereocenters. The average Bonchev–Trinajstić information content (AvgIpc) is 3.35. The molecule has 0 aromatic carbocycles. The summed E-state index contributed by atoms with van der Waals surface area (Å²) in [4.78, 5) is 31.5. The molecule has 0 saturated heterocycles. The van der Waals surface area contributed by atoms with Crippen molar-refractivity contribution in [1.82, 2.24) is 9.55 Å². The number of carbonyl (C=O) groups is 2. The lowest BCUT2D eigenvalue weighted by molar-refractivity contribution is -0.116. The standard InChI is InChI=1S/C19H21N3O3S2/c1-5-22(14(4)23)19-20-15(11-26-19)10-25-18(24)16-12(2)13(3)27-17(16)21-8-6-7-9-21/h6-9,11H,5,10H2,1-4H3. The van der Waals surface area contributed by atoms with Gasteiger partial charge in [0.15, 0.2) is 5.13 Å².